The van der Waals surface area contributed by atoms with Crippen molar-refractivity contribution in [1.82, 2.24) is 0 Å². The summed E-state index contributed by atoms with van der Waals surface area (Å²) in [5.41, 5.74) is 2.94. The van der Waals surface area contributed by atoms with Crippen molar-refractivity contribution in [1.29, 1.82) is 0 Å². The molecule has 0 amide bonds. The first kappa shape index (κ1) is 11.7. The summed E-state index contributed by atoms with van der Waals surface area (Å²) >= 11 is 0. The molecule has 2 rings (SSSR count). The molecule has 1 saturated carbocycles. The molecule has 2 atom stereocenters. The van der Waals surface area contributed by atoms with Crippen LogP contribution in [0.15, 0.2) is 23.5 Å². The second kappa shape index (κ2) is 5.53. The largest absolute Gasteiger partial charge is 0.472 e. The van der Waals surface area contributed by atoms with Crippen LogP contribution < -0.4 is 0 Å². The summed E-state index contributed by atoms with van der Waals surface area (Å²) in [7, 11) is 0. The summed E-state index contributed by atoms with van der Waals surface area (Å²) in [5, 5.41) is 0. The minimum absolute atomic E-state index is 0.0141. The van der Waals surface area contributed by atoms with Gasteiger partial charge >= 0.3 is 0 Å². The number of allylic oxidation sites excluding steroid dienone is 3. The van der Waals surface area contributed by atoms with Crippen LogP contribution in [-0.4, -0.2) is 12.9 Å². The van der Waals surface area contributed by atoms with Crippen molar-refractivity contribution < 1.29 is 9.47 Å². The van der Waals surface area contributed by atoms with Gasteiger partial charge in [0.15, 0.2) is 6.29 Å². The Hall–Kier alpha value is -0.760. The van der Waals surface area contributed by atoms with Crippen molar-refractivity contribution in [3.8, 4) is 0 Å². The van der Waals surface area contributed by atoms with Crippen molar-refractivity contribution in [2.75, 3.05) is 6.61 Å². The molecule has 0 spiro atoms. The van der Waals surface area contributed by atoms with E-state index in [0.717, 1.165) is 19.4 Å². The highest BCUT2D eigenvalue weighted by Crippen LogP contribution is 2.39. The highest BCUT2D eigenvalue weighted by Gasteiger charge is 2.30. The third kappa shape index (κ3) is 2.49. The smallest absolute Gasteiger partial charge is 0.199 e. The highest BCUT2D eigenvalue weighted by molar-refractivity contribution is 5.34. The molecular weight excluding hydrogens is 200 g/mol. The van der Waals surface area contributed by atoms with Gasteiger partial charge in [-0.15, -0.1) is 0 Å². The molecule has 0 unspecified atom stereocenters. The van der Waals surface area contributed by atoms with E-state index in [2.05, 4.69) is 13.0 Å². The van der Waals surface area contributed by atoms with E-state index in [0.29, 0.717) is 5.92 Å². The SMILES string of the molecule is CC/C=C1\CCC[C@H]2C[C@@H](OCC)OC=C12. The first-order valence-corrected chi connectivity index (χ1v) is 6.51. The Morgan fingerprint density at radius 3 is 3.12 bits per heavy atom. The quantitative estimate of drug-likeness (QED) is 0.723. The fraction of sp³-hybridized carbons (Fsp3) is 0.714. The minimum Gasteiger partial charge on any atom is -0.472 e. The second-order valence-electron chi connectivity index (χ2n) is 4.56. The normalized spacial score (nSPS) is 31.9. The highest BCUT2D eigenvalue weighted by atomic mass is 16.7. The minimum atomic E-state index is -0.0141. The molecule has 0 radical (unpaired) electrons. The Balaban J connectivity index is 2.08. The molecule has 90 valence electrons. The van der Waals surface area contributed by atoms with Gasteiger partial charge < -0.3 is 9.47 Å². The van der Waals surface area contributed by atoms with Crippen LogP contribution in [0.5, 0.6) is 0 Å². The summed E-state index contributed by atoms with van der Waals surface area (Å²) < 4.78 is 11.2. The zero-order valence-corrected chi connectivity index (χ0v) is 10.4. The van der Waals surface area contributed by atoms with Crippen LogP contribution in [0.3, 0.4) is 0 Å². The van der Waals surface area contributed by atoms with Gasteiger partial charge in [0.05, 0.1) is 6.26 Å². The van der Waals surface area contributed by atoms with Crippen molar-refractivity contribution >= 4 is 0 Å². The van der Waals surface area contributed by atoms with E-state index < -0.39 is 0 Å². The lowest BCUT2D eigenvalue weighted by Crippen LogP contribution is -2.27. The van der Waals surface area contributed by atoms with Gasteiger partial charge in [-0.1, -0.05) is 13.0 Å². The molecule has 1 aliphatic carbocycles. The Kier molecular flexibility index (Phi) is 4.05. The Bertz CT molecular complexity index is 291. The van der Waals surface area contributed by atoms with E-state index in [1.807, 2.05) is 13.2 Å². The van der Waals surface area contributed by atoms with Gasteiger partial charge in [0, 0.05) is 13.0 Å². The topological polar surface area (TPSA) is 18.5 Å². The predicted octanol–water partition coefficient (Wildman–Crippen LogP) is 3.79. The molecule has 0 aromatic heterocycles. The molecule has 0 N–H and O–H groups in total. The molecule has 2 aliphatic rings. The van der Waals surface area contributed by atoms with Gasteiger partial charge in [0.25, 0.3) is 0 Å². The van der Waals surface area contributed by atoms with Crippen molar-refractivity contribution in [3.05, 3.63) is 23.5 Å². The van der Waals surface area contributed by atoms with E-state index >= 15 is 0 Å². The predicted molar refractivity (Wildman–Crippen MR) is 64.9 cm³/mol. The fourth-order valence-electron chi connectivity index (χ4n) is 2.71. The summed E-state index contributed by atoms with van der Waals surface area (Å²) in [5.74, 6) is 0.664. The Labute approximate surface area is 98.3 Å². The van der Waals surface area contributed by atoms with Gasteiger partial charge in [0.1, 0.15) is 0 Å². The maximum absolute atomic E-state index is 5.64. The molecule has 0 saturated heterocycles. The lowest BCUT2D eigenvalue weighted by molar-refractivity contribution is -0.121. The monoisotopic (exact) mass is 222 g/mol. The van der Waals surface area contributed by atoms with Gasteiger partial charge in [-0.2, -0.15) is 0 Å². The summed E-state index contributed by atoms with van der Waals surface area (Å²) in [4.78, 5) is 0. The van der Waals surface area contributed by atoms with Crippen molar-refractivity contribution in [2.24, 2.45) is 5.92 Å². The zero-order valence-electron chi connectivity index (χ0n) is 10.4. The first-order chi connectivity index (χ1) is 7.85. The lowest BCUT2D eigenvalue weighted by Gasteiger charge is -2.34. The van der Waals surface area contributed by atoms with Crippen molar-refractivity contribution in [2.45, 2.75) is 52.2 Å². The summed E-state index contributed by atoms with van der Waals surface area (Å²) in [6, 6.07) is 0. The first-order valence-electron chi connectivity index (χ1n) is 6.51. The van der Waals surface area contributed by atoms with E-state index in [1.54, 1.807) is 0 Å². The molecular formula is C14H22O2. The molecule has 1 heterocycles. The summed E-state index contributed by atoms with van der Waals surface area (Å²) in [6.45, 7) is 4.95. The fourth-order valence-corrected chi connectivity index (χ4v) is 2.71. The molecule has 0 aromatic rings. The average molecular weight is 222 g/mol. The van der Waals surface area contributed by atoms with E-state index in [1.165, 1.54) is 30.4 Å². The molecule has 2 nitrogen and oxygen atoms in total. The Morgan fingerprint density at radius 1 is 1.50 bits per heavy atom. The number of hydrogen-bond acceptors (Lipinski definition) is 2. The maximum Gasteiger partial charge on any atom is 0.199 e. The molecule has 0 bridgehead atoms. The van der Waals surface area contributed by atoms with E-state index in [-0.39, 0.29) is 6.29 Å². The van der Waals surface area contributed by atoms with E-state index in [4.69, 9.17) is 9.47 Å². The Morgan fingerprint density at radius 2 is 2.38 bits per heavy atom. The second-order valence-corrected chi connectivity index (χ2v) is 4.56. The van der Waals surface area contributed by atoms with Crippen LogP contribution >= 0.6 is 0 Å². The molecule has 1 aliphatic heterocycles. The molecule has 0 aromatic carbocycles. The van der Waals surface area contributed by atoms with Crippen LogP contribution in [0.25, 0.3) is 0 Å². The molecule has 1 fully saturated rings. The standard InChI is InChI=1S/C14H22O2/c1-3-6-11-7-5-8-12-9-14(15-4-2)16-10-13(11)12/h6,10,12,14H,3-5,7-9H2,1-2H3/b11-6+/t12-,14-/m0/s1. The zero-order chi connectivity index (χ0) is 11.4. The van der Waals surface area contributed by atoms with Crippen LogP contribution in [0.1, 0.15) is 46.0 Å². The van der Waals surface area contributed by atoms with Gasteiger partial charge in [-0.3, -0.25) is 0 Å². The molecule has 2 heteroatoms. The van der Waals surface area contributed by atoms with Crippen molar-refractivity contribution in [3.63, 3.8) is 0 Å². The summed E-state index contributed by atoms with van der Waals surface area (Å²) in [6.07, 6.45) is 10.3. The molecule has 16 heavy (non-hydrogen) atoms. The third-order valence-corrected chi connectivity index (χ3v) is 3.44. The number of ether oxygens (including phenoxy) is 2. The third-order valence-electron chi connectivity index (χ3n) is 3.44. The van der Waals surface area contributed by atoms with Crippen LogP contribution in [0, 0.1) is 5.92 Å². The maximum atomic E-state index is 5.64. The average Bonchev–Trinajstić information content (AvgIpc) is 2.30. The van der Waals surface area contributed by atoms with Crippen LogP contribution in [-0.2, 0) is 9.47 Å². The van der Waals surface area contributed by atoms with E-state index in [9.17, 15) is 0 Å². The lowest BCUT2D eigenvalue weighted by atomic mass is 9.78. The van der Waals surface area contributed by atoms with Gasteiger partial charge in [-0.25, -0.2) is 0 Å². The van der Waals surface area contributed by atoms with Gasteiger partial charge in [-0.05, 0) is 49.7 Å². The van der Waals surface area contributed by atoms with Gasteiger partial charge in [0.2, 0.25) is 0 Å². The number of rotatable bonds is 3. The van der Waals surface area contributed by atoms with Crippen LogP contribution in [0.4, 0.5) is 0 Å². The number of fused-ring (bicyclic) bond motifs is 1. The van der Waals surface area contributed by atoms with Crippen LogP contribution in [0.2, 0.25) is 0 Å². The number of hydrogen-bond donors (Lipinski definition) is 0.